The van der Waals surface area contributed by atoms with Crippen molar-refractivity contribution in [2.45, 2.75) is 6.92 Å². The molecule has 0 aliphatic carbocycles. The minimum absolute atomic E-state index is 0. The second-order valence-electron chi connectivity index (χ2n) is 14.2. The SMILES string of the molecule is [C-]#[N+]c1c(F)c[c-]c(-c2ccc(-c3ccccc3-c3cc(C)cc(-c4ccccc4-c4cnc(-c5[c-]cccc5)cc4-c4ccc(-c5ccccc5)cc4)c3)cn2)c1F.[Ir]. The Hall–Kier alpha value is -7.16. The summed E-state index contributed by atoms with van der Waals surface area (Å²) >= 11 is 0. The minimum atomic E-state index is -0.970. The number of pyridine rings is 2. The van der Waals surface area contributed by atoms with Crippen LogP contribution in [-0.2, 0) is 20.1 Å². The second kappa shape index (κ2) is 17.4. The number of hydrogen-bond donors (Lipinski definition) is 0. The molecule has 2 heterocycles. The predicted octanol–water partition coefficient (Wildman–Crippen LogP) is 14.5. The molecule has 0 aliphatic rings. The van der Waals surface area contributed by atoms with E-state index in [9.17, 15) is 4.39 Å². The third kappa shape index (κ3) is 7.85. The number of nitrogens with zero attached hydrogens (tertiary/aromatic N) is 3. The molecule has 0 amide bonds. The molecule has 9 rings (SSSR count). The molecule has 1 radical (unpaired) electrons. The summed E-state index contributed by atoms with van der Waals surface area (Å²) in [4.78, 5) is 12.5. The van der Waals surface area contributed by atoms with Gasteiger partial charge in [-0.05, 0) is 91.1 Å². The first-order valence-electron chi connectivity index (χ1n) is 19.1. The van der Waals surface area contributed by atoms with E-state index >= 15 is 4.39 Å². The van der Waals surface area contributed by atoms with Crippen molar-refractivity contribution < 1.29 is 28.9 Å². The quantitative estimate of drug-likeness (QED) is 0.142. The molecule has 0 aliphatic heterocycles. The zero-order valence-corrected chi connectivity index (χ0v) is 34.6. The maximum atomic E-state index is 15.0. The first-order chi connectivity index (χ1) is 28.9. The van der Waals surface area contributed by atoms with Gasteiger partial charge in [0.1, 0.15) is 0 Å². The normalized spacial score (nSPS) is 10.8. The molecule has 0 N–H and O–H groups in total. The molecule has 0 atom stereocenters. The average molecular weight is 954 g/mol. The predicted molar refractivity (Wildman–Crippen MR) is 234 cm³/mol. The molecule has 2 aromatic heterocycles. The van der Waals surface area contributed by atoms with Gasteiger partial charge in [0.2, 0.25) is 0 Å². The van der Waals surface area contributed by atoms with Crippen LogP contribution >= 0.6 is 0 Å². The van der Waals surface area contributed by atoms with Crippen molar-refractivity contribution in [2.75, 3.05) is 0 Å². The Bertz CT molecular complexity index is 3010. The van der Waals surface area contributed by atoms with E-state index in [1.165, 1.54) is 5.56 Å². The van der Waals surface area contributed by atoms with E-state index in [-0.39, 0.29) is 31.4 Å². The Morgan fingerprint density at radius 2 is 1.08 bits per heavy atom. The zero-order chi connectivity index (χ0) is 40.3. The van der Waals surface area contributed by atoms with Gasteiger partial charge < -0.3 is 9.97 Å². The zero-order valence-electron chi connectivity index (χ0n) is 32.3. The molecule has 7 aromatic carbocycles. The molecule has 0 saturated carbocycles. The van der Waals surface area contributed by atoms with Gasteiger partial charge in [0.15, 0.2) is 5.69 Å². The molecule has 3 nitrogen and oxygen atoms in total. The fourth-order valence-corrected chi connectivity index (χ4v) is 7.61. The Kier molecular flexibility index (Phi) is 11.5. The molecular formula is C54H33F2IrN3-2. The summed E-state index contributed by atoms with van der Waals surface area (Å²) in [6.07, 6.45) is 3.66. The van der Waals surface area contributed by atoms with E-state index in [0.29, 0.717) is 0 Å². The fraction of sp³-hybridized carbons (Fsp3) is 0.0185. The molecular weight excluding hydrogens is 921 g/mol. The molecule has 0 unspecified atom stereocenters. The molecule has 0 spiro atoms. The third-order valence-corrected chi connectivity index (χ3v) is 10.5. The van der Waals surface area contributed by atoms with Gasteiger partial charge in [-0.15, -0.1) is 53.6 Å². The van der Waals surface area contributed by atoms with E-state index < -0.39 is 17.3 Å². The molecule has 0 saturated heterocycles. The van der Waals surface area contributed by atoms with Crippen LogP contribution in [0.25, 0.3) is 94.1 Å². The van der Waals surface area contributed by atoms with Crippen molar-refractivity contribution in [2.24, 2.45) is 0 Å². The summed E-state index contributed by atoms with van der Waals surface area (Å²) in [5.41, 5.74) is 14.9. The minimum Gasteiger partial charge on any atom is -0.304 e. The van der Waals surface area contributed by atoms with Crippen molar-refractivity contribution >= 4 is 5.69 Å². The van der Waals surface area contributed by atoms with Crippen LogP contribution in [-0.4, -0.2) is 9.97 Å². The van der Waals surface area contributed by atoms with Gasteiger partial charge in [0.25, 0.3) is 0 Å². The Morgan fingerprint density at radius 1 is 0.500 bits per heavy atom. The molecule has 9 aromatic rings. The Labute approximate surface area is 361 Å². The Morgan fingerprint density at radius 3 is 1.73 bits per heavy atom. The summed E-state index contributed by atoms with van der Waals surface area (Å²) in [7, 11) is 0. The topological polar surface area (TPSA) is 30.1 Å². The largest absolute Gasteiger partial charge is 0.304 e. The number of halogens is 2. The summed E-state index contributed by atoms with van der Waals surface area (Å²) in [6.45, 7) is 9.30. The van der Waals surface area contributed by atoms with Gasteiger partial charge in [-0.25, -0.2) is 0 Å². The summed E-state index contributed by atoms with van der Waals surface area (Å²) in [5.74, 6) is -1.92. The van der Waals surface area contributed by atoms with Crippen LogP contribution in [0.3, 0.4) is 0 Å². The van der Waals surface area contributed by atoms with Gasteiger partial charge in [0, 0.05) is 49.7 Å². The van der Waals surface area contributed by atoms with E-state index in [0.717, 1.165) is 84.1 Å². The first kappa shape index (κ1) is 39.7. The van der Waals surface area contributed by atoms with Crippen LogP contribution < -0.4 is 0 Å². The molecule has 289 valence electrons. The van der Waals surface area contributed by atoms with Crippen LogP contribution in [0.1, 0.15) is 5.56 Å². The van der Waals surface area contributed by atoms with Crippen molar-refractivity contribution in [3.8, 4) is 89.3 Å². The molecule has 6 heteroatoms. The number of aromatic nitrogens is 2. The van der Waals surface area contributed by atoms with Gasteiger partial charge >= 0.3 is 0 Å². The van der Waals surface area contributed by atoms with Crippen molar-refractivity contribution in [1.29, 1.82) is 0 Å². The maximum absolute atomic E-state index is 15.0. The summed E-state index contributed by atoms with van der Waals surface area (Å²) in [5, 5.41) is 0. The van der Waals surface area contributed by atoms with Crippen LogP contribution in [0.5, 0.6) is 0 Å². The van der Waals surface area contributed by atoms with Gasteiger partial charge in [-0.3, -0.25) is 13.6 Å². The number of aryl methyl sites for hydroxylation is 1. The molecule has 0 fully saturated rings. The number of benzene rings is 7. The summed E-state index contributed by atoms with van der Waals surface area (Å²) in [6, 6.07) is 62.8. The van der Waals surface area contributed by atoms with Crippen LogP contribution in [0.4, 0.5) is 14.5 Å². The van der Waals surface area contributed by atoms with Crippen LogP contribution in [0.2, 0.25) is 0 Å². The van der Waals surface area contributed by atoms with Crippen LogP contribution in [0.15, 0.2) is 182 Å². The monoisotopic (exact) mass is 954 g/mol. The first-order valence-corrected chi connectivity index (χ1v) is 19.1. The van der Waals surface area contributed by atoms with Gasteiger partial charge in [0.05, 0.1) is 6.57 Å². The van der Waals surface area contributed by atoms with E-state index in [4.69, 9.17) is 11.6 Å². The summed E-state index contributed by atoms with van der Waals surface area (Å²) < 4.78 is 29.0. The fourth-order valence-electron chi connectivity index (χ4n) is 7.61. The van der Waals surface area contributed by atoms with Crippen molar-refractivity contribution in [3.05, 3.63) is 223 Å². The maximum Gasteiger partial charge on any atom is 0.176 e. The molecule has 0 bridgehead atoms. The second-order valence-corrected chi connectivity index (χ2v) is 14.2. The van der Waals surface area contributed by atoms with Crippen molar-refractivity contribution in [1.82, 2.24) is 9.97 Å². The number of hydrogen-bond acceptors (Lipinski definition) is 2. The smallest absolute Gasteiger partial charge is 0.176 e. The van der Waals surface area contributed by atoms with E-state index in [2.05, 4.69) is 132 Å². The van der Waals surface area contributed by atoms with E-state index in [1.54, 1.807) is 12.3 Å². The van der Waals surface area contributed by atoms with Gasteiger partial charge in [-0.2, -0.15) is 0 Å². The molecule has 60 heavy (non-hydrogen) atoms. The van der Waals surface area contributed by atoms with Crippen molar-refractivity contribution in [3.63, 3.8) is 0 Å². The third-order valence-electron chi connectivity index (χ3n) is 10.5. The average Bonchev–Trinajstić information content (AvgIpc) is 3.29. The van der Waals surface area contributed by atoms with Gasteiger partial charge in [-0.1, -0.05) is 133 Å². The van der Waals surface area contributed by atoms with Crippen LogP contribution in [0, 0.1) is 37.3 Å². The Balaban J connectivity index is 0.00000499. The standard InChI is InChI=1S/C54H33F2N3.Ir/c1-35-29-41(44-18-10-9-17-43(44)40-25-28-51(58-33-40)47-26-27-50(55)54(57-2)53(47)56)31-42(30-35)45-19-11-12-20-46(45)49-34-59-52(39-15-7-4-8-16-39)32-48(49)38-23-21-37(22-24-38)36-13-5-3-6-14-36;/h3-15,17-25,27-34H,1H3;/q-2;. The van der Waals surface area contributed by atoms with E-state index in [1.807, 2.05) is 60.8 Å². The number of rotatable bonds is 8.